The summed E-state index contributed by atoms with van der Waals surface area (Å²) in [7, 11) is 0. The summed E-state index contributed by atoms with van der Waals surface area (Å²) in [6.45, 7) is 0. The van der Waals surface area contributed by atoms with E-state index < -0.39 is 0 Å². The molecule has 1 N–H and O–H groups in total. The van der Waals surface area contributed by atoms with Crippen LogP contribution in [0.4, 0.5) is 5.82 Å². The number of hydrogen-bond donors (Lipinski definition) is 1. The molecule has 1 aliphatic rings. The molecule has 1 aliphatic heterocycles. The SMILES string of the molecule is O=C1CSC(SCC(=O)Nc2ccc(Br)cn2)=N1. The highest BCUT2D eigenvalue weighted by molar-refractivity contribution is 9.10. The normalized spacial score (nSPS) is 14.5. The zero-order valence-corrected chi connectivity index (χ0v) is 12.3. The van der Waals surface area contributed by atoms with Crippen molar-refractivity contribution in [2.75, 3.05) is 16.8 Å². The Morgan fingerprint density at radius 3 is 3.00 bits per heavy atom. The van der Waals surface area contributed by atoms with E-state index in [1.54, 1.807) is 18.3 Å². The lowest BCUT2D eigenvalue weighted by Gasteiger charge is -2.03. The van der Waals surface area contributed by atoms with E-state index in [1.165, 1.54) is 23.5 Å². The predicted molar refractivity (Wildman–Crippen MR) is 77.9 cm³/mol. The number of anilines is 1. The Hall–Kier alpha value is -0.860. The number of rotatable bonds is 3. The third kappa shape index (κ3) is 4.11. The fraction of sp³-hybridized carbons (Fsp3) is 0.200. The number of amides is 2. The lowest BCUT2D eigenvalue weighted by Crippen LogP contribution is -2.15. The average Bonchev–Trinajstić information content (AvgIpc) is 2.76. The highest BCUT2D eigenvalue weighted by Gasteiger charge is 2.16. The van der Waals surface area contributed by atoms with Crippen molar-refractivity contribution in [3.05, 3.63) is 22.8 Å². The smallest absolute Gasteiger partial charge is 0.257 e. The van der Waals surface area contributed by atoms with Crippen LogP contribution in [0.5, 0.6) is 0 Å². The Bertz CT molecular complexity index is 504. The molecule has 0 saturated carbocycles. The molecule has 0 aliphatic carbocycles. The van der Waals surface area contributed by atoms with Gasteiger partial charge in [0, 0.05) is 10.7 Å². The first-order valence-corrected chi connectivity index (χ1v) is 7.68. The molecule has 1 aromatic heterocycles. The van der Waals surface area contributed by atoms with Gasteiger partial charge in [0.25, 0.3) is 5.91 Å². The summed E-state index contributed by atoms with van der Waals surface area (Å²) in [5, 5.41) is 2.66. The zero-order valence-electron chi connectivity index (χ0n) is 9.05. The third-order valence-corrected chi connectivity index (χ3v) is 4.51. The monoisotopic (exact) mass is 345 g/mol. The van der Waals surface area contributed by atoms with Gasteiger partial charge in [-0.3, -0.25) is 9.59 Å². The Kier molecular flexibility index (Phi) is 4.79. The number of hydrogen-bond acceptors (Lipinski definition) is 5. The molecule has 0 radical (unpaired) electrons. The van der Waals surface area contributed by atoms with Crippen LogP contribution in [0.2, 0.25) is 0 Å². The summed E-state index contributed by atoms with van der Waals surface area (Å²) < 4.78 is 1.50. The first-order valence-electron chi connectivity index (χ1n) is 4.92. The van der Waals surface area contributed by atoms with Crippen molar-refractivity contribution in [1.29, 1.82) is 0 Å². The predicted octanol–water partition coefficient (Wildman–Crippen LogP) is 2.15. The topological polar surface area (TPSA) is 71.4 Å². The van der Waals surface area contributed by atoms with Gasteiger partial charge in [-0.15, -0.1) is 0 Å². The molecule has 94 valence electrons. The Morgan fingerprint density at radius 1 is 1.56 bits per heavy atom. The lowest BCUT2D eigenvalue weighted by atomic mass is 10.4. The summed E-state index contributed by atoms with van der Waals surface area (Å²) >= 11 is 5.89. The van der Waals surface area contributed by atoms with Gasteiger partial charge in [0.1, 0.15) is 10.2 Å². The molecule has 0 bridgehead atoms. The van der Waals surface area contributed by atoms with Crippen LogP contribution in [0, 0.1) is 0 Å². The maximum atomic E-state index is 11.6. The number of aromatic nitrogens is 1. The first kappa shape index (κ1) is 13.6. The summed E-state index contributed by atoms with van der Waals surface area (Å²) in [5.41, 5.74) is 0. The molecular formula is C10H8BrN3O2S2. The van der Waals surface area contributed by atoms with Crippen LogP contribution in [-0.2, 0) is 9.59 Å². The van der Waals surface area contributed by atoms with Gasteiger partial charge < -0.3 is 5.32 Å². The van der Waals surface area contributed by atoms with Gasteiger partial charge >= 0.3 is 0 Å². The minimum Gasteiger partial charge on any atom is -0.310 e. The summed E-state index contributed by atoms with van der Waals surface area (Å²) in [6.07, 6.45) is 1.61. The maximum Gasteiger partial charge on any atom is 0.257 e. The number of nitrogens with zero attached hydrogens (tertiary/aromatic N) is 2. The van der Waals surface area contributed by atoms with E-state index in [2.05, 4.69) is 31.2 Å². The quantitative estimate of drug-likeness (QED) is 0.908. The molecular weight excluding hydrogens is 338 g/mol. The molecule has 2 rings (SSSR count). The largest absolute Gasteiger partial charge is 0.310 e. The third-order valence-electron chi connectivity index (χ3n) is 1.86. The van der Waals surface area contributed by atoms with E-state index in [4.69, 9.17) is 0 Å². The van der Waals surface area contributed by atoms with E-state index >= 15 is 0 Å². The van der Waals surface area contributed by atoms with Crippen LogP contribution in [0.1, 0.15) is 0 Å². The number of aliphatic imine (C=N–C) groups is 1. The van der Waals surface area contributed by atoms with Crippen LogP contribution in [0.15, 0.2) is 27.8 Å². The molecule has 0 fully saturated rings. The van der Waals surface area contributed by atoms with Crippen molar-refractivity contribution in [2.45, 2.75) is 0 Å². The molecule has 8 heteroatoms. The number of thioether (sulfide) groups is 2. The number of nitrogens with one attached hydrogen (secondary N) is 1. The Morgan fingerprint density at radius 2 is 2.39 bits per heavy atom. The molecule has 2 amide bonds. The van der Waals surface area contributed by atoms with E-state index in [-0.39, 0.29) is 17.6 Å². The average molecular weight is 346 g/mol. The van der Waals surface area contributed by atoms with Crippen LogP contribution < -0.4 is 5.32 Å². The minimum absolute atomic E-state index is 0.141. The molecule has 0 spiro atoms. The zero-order chi connectivity index (χ0) is 13.0. The molecule has 0 unspecified atom stereocenters. The van der Waals surface area contributed by atoms with E-state index in [9.17, 15) is 9.59 Å². The highest BCUT2D eigenvalue weighted by atomic mass is 79.9. The molecule has 0 aromatic carbocycles. The fourth-order valence-corrected chi connectivity index (χ4v) is 3.01. The van der Waals surface area contributed by atoms with Gasteiger partial charge in [0.05, 0.1) is 11.5 Å². The van der Waals surface area contributed by atoms with Gasteiger partial charge in [-0.1, -0.05) is 23.5 Å². The van der Waals surface area contributed by atoms with Crippen LogP contribution >= 0.6 is 39.5 Å². The van der Waals surface area contributed by atoms with Crippen LogP contribution in [0.25, 0.3) is 0 Å². The van der Waals surface area contributed by atoms with Crippen molar-refractivity contribution in [3.8, 4) is 0 Å². The van der Waals surface area contributed by atoms with Crippen molar-refractivity contribution >= 4 is 61.5 Å². The minimum atomic E-state index is -0.169. The van der Waals surface area contributed by atoms with Crippen molar-refractivity contribution in [2.24, 2.45) is 4.99 Å². The Labute approximate surface area is 120 Å². The summed E-state index contributed by atoms with van der Waals surface area (Å²) in [4.78, 5) is 30.3. The standard InChI is InChI=1S/C10H8BrN3O2S2/c11-6-1-2-7(12-3-6)13-8(15)4-17-10-14-9(16)5-18-10/h1-3H,4-5H2,(H,12,13,15). The molecule has 5 nitrogen and oxygen atoms in total. The second-order valence-electron chi connectivity index (χ2n) is 3.26. The van der Waals surface area contributed by atoms with Crippen molar-refractivity contribution < 1.29 is 9.59 Å². The number of carbonyl (C=O) groups excluding carboxylic acids is 2. The Balaban J connectivity index is 1.80. The molecule has 0 saturated heterocycles. The molecule has 18 heavy (non-hydrogen) atoms. The fourth-order valence-electron chi connectivity index (χ4n) is 1.12. The van der Waals surface area contributed by atoms with E-state index in [0.29, 0.717) is 15.9 Å². The van der Waals surface area contributed by atoms with Gasteiger partial charge in [0.15, 0.2) is 0 Å². The first-order chi connectivity index (χ1) is 8.63. The maximum absolute atomic E-state index is 11.6. The van der Waals surface area contributed by atoms with E-state index in [0.717, 1.165) is 4.47 Å². The van der Waals surface area contributed by atoms with Gasteiger partial charge in [-0.2, -0.15) is 4.99 Å². The highest BCUT2D eigenvalue weighted by Crippen LogP contribution is 2.22. The number of pyridine rings is 1. The van der Waals surface area contributed by atoms with Gasteiger partial charge in [-0.25, -0.2) is 4.98 Å². The lowest BCUT2D eigenvalue weighted by molar-refractivity contribution is -0.115. The number of carbonyl (C=O) groups is 2. The second kappa shape index (κ2) is 6.35. The van der Waals surface area contributed by atoms with Crippen LogP contribution in [-0.4, -0.2) is 32.7 Å². The number of halogens is 1. The summed E-state index contributed by atoms with van der Waals surface area (Å²) in [6, 6.07) is 3.50. The summed E-state index contributed by atoms with van der Waals surface area (Å²) in [5.74, 6) is 0.783. The van der Waals surface area contributed by atoms with Crippen LogP contribution in [0.3, 0.4) is 0 Å². The van der Waals surface area contributed by atoms with Crippen molar-refractivity contribution in [3.63, 3.8) is 0 Å². The molecule has 1 aromatic rings. The van der Waals surface area contributed by atoms with Gasteiger partial charge in [0.2, 0.25) is 5.91 Å². The van der Waals surface area contributed by atoms with E-state index in [1.807, 2.05) is 0 Å². The van der Waals surface area contributed by atoms with Crippen molar-refractivity contribution in [1.82, 2.24) is 4.98 Å². The van der Waals surface area contributed by atoms with Gasteiger partial charge in [-0.05, 0) is 28.1 Å². The molecule has 2 heterocycles. The second-order valence-corrected chi connectivity index (χ2v) is 6.36. The molecule has 0 atom stereocenters.